The highest BCUT2D eigenvalue weighted by Gasteiger charge is 2.16. The fourth-order valence-corrected chi connectivity index (χ4v) is 1.92. The molecule has 5 heteroatoms. The first kappa shape index (κ1) is 14.7. The van der Waals surface area contributed by atoms with E-state index >= 15 is 0 Å². The Labute approximate surface area is 115 Å². The number of nitrogens with zero attached hydrogens (tertiary/aromatic N) is 1. The molecule has 0 fully saturated rings. The van der Waals surface area contributed by atoms with Gasteiger partial charge in [-0.3, -0.25) is 4.79 Å². The number of hydrogen-bond acceptors (Lipinski definition) is 3. The molecule has 4 nitrogen and oxygen atoms in total. The van der Waals surface area contributed by atoms with Gasteiger partial charge in [-0.05, 0) is 30.5 Å². The summed E-state index contributed by atoms with van der Waals surface area (Å²) in [6, 6.07) is 6.59. The predicted octanol–water partition coefficient (Wildman–Crippen LogP) is 2.63. The quantitative estimate of drug-likeness (QED) is 0.897. The summed E-state index contributed by atoms with van der Waals surface area (Å²) in [5.41, 5.74) is 6.69. The number of rotatable bonds is 4. The van der Waals surface area contributed by atoms with E-state index < -0.39 is 6.04 Å². The van der Waals surface area contributed by atoms with E-state index in [9.17, 15) is 4.79 Å². The van der Waals surface area contributed by atoms with Crippen molar-refractivity contribution in [3.05, 3.63) is 28.2 Å². The van der Waals surface area contributed by atoms with Gasteiger partial charge in [-0.25, -0.2) is 0 Å². The molecule has 0 saturated heterocycles. The summed E-state index contributed by atoms with van der Waals surface area (Å²) >= 11 is 3.28. The van der Waals surface area contributed by atoms with Crippen LogP contribution in [0.5, 0.6) is 0 Å². The molecule has 1 rings (SSSR count). The molecule has 0 radical (unpaired) electrons. The molecular weight excluding hydrogens is 294 g/mol. The topological polar surface area (TPSA) is 78.9 Å². The third-order valence-electron chi connectivity index (χ3n) is 2.42. The van der Waals surface area contributed by atoms with E-state index in [2.05, 4.69) is 21.2 Å². The Morgan fingerprint density at radius 3 is 2.78 bits per heavy atom. The average Bonchev–Trinajstić information content (AvgIpc) is 2.30. The Morgan fingerprint density at radius 2 is 2.22 bits per heavy atom. The zero-order valence-electron chi connectivity index (χ0n) is 10.4. The first-order valence-electron chi connectivity index (χ1n) is 5.70. The Bertz CT molecular complexity index is 480. The minimum atomic E-state index is -0.555. The first-order chi connectivity index (χ1) is 8.43. The maximum atomic E-state index is 11.8. The van der Waals surface area contributed by atoms with Crippen LogP contribution >= 0.6 is 15.9 Å². The Hall–Kier alpha value is -1.38. The van der Waals surface area contributed by atoms with Crippen molar-refractivity contribution >= 4 is 27.5 Å². The van der Waals surface area contributed by atoms with Gasteiger partial charge in [0, 0.05) is 4.47 Å². The van der Waals surface area contributed by atoms with E-state index in [0.29, 0.717) is 23.6 Å². The maximum absolute atomic E-state index is 11.8. The van der Waals surface area contributed by atoms with Gasteiger partial charge >= 0.3 is 0 Å². The number of nitrogens with one attached hydrogen (secondary N) is 1. The van der Waals surface area contributed by atoms with Gasteiger partial charge in [-0.15, -0.1) is 0 Å². The first-order valence-corrected chi connectivity index (χ1v) is 6.49. The molecule has 1 atom stereocenters. The number of benzene rings is 1. The lowest BCUT2D eigenvalue weighted by molar-refractivity contribution is -0.117. The summed E-state index contributed by atoms with van der Waals surface area (Å²) in [7, 11) is 0. The van der Waals surface area contributed by atoms with E-state index in [-0.39, 0.29) is 5.91 Å². The summed E-state index contributed by atoms with van der Waals surface area (Å²) in [5, 5.41) is 11.7. The molecule has 0 saturated carbocycles. The van der Waals surface area contributed by atoms with Crippen LogP contribution in [0.3, 0.4) is 0 Å². The van der Waals surface area contributed by atoms with Crippen LogP contribution in [-0.4, -0.2) is 11.9 Å². The summed E-state index contributed by atoms with van der Waals surface area (Å²) in [5.74, 6) is 0.0913. The molecule has 0 bridgehead atoms. The fourth-order valence-electron chi connectivity index (χ4n) is 1.56. The van der Waals surface area contributed by atoms with E-state index in [1.54, 1.807) is 18.2 Å². The second-order valence-electron chi connectivity index (χ2n) is 4.53. The number of amides is 1. The lowest BCUT2D eigenvalue weighted by Crippen LogP contribution is -2.36. The van der Waals surface area contributed by atoms with Crippen molar-refractivity contribution in [1.82, 2.24) is 0 Å². The number of hydrogen-bond donors (Lipinski definition) is 2. The molecule has 0 heterocycles. The normalized spacial score (nSPS) is 12.0. The molecular formula is C13H16BrN3O. The van der Waals surface area contributed by atoms with Crippen LogP contribution in [0.25, 0.3) is 0 Å². The summed E-state index contributed by atoms with van der Waals surface area (Å²) in [6.07, 6.45) is 0.615. The molecule has 1 amide bonds. The largest absolute Gasteiger partial charge is 0.324 e. The van der Waals surface area contributed by atoms with Crippen molar-refractivity contribution in [2.75, 3.05) is 5.32 Å². The zero-order chi connectivity index (χ0) is 13.7. The van der Waals surface area contributed by atoms with Gasteiger partial charge in [0.05, 0.1) is 17.3 Å². The minimum Gasteiger partial charge on any atom is -0.324 e. The standard InChI is InChI=1S/C13H16BrN3O/c1-8(2)5-11(16)13(18)17-12-4-3-10(14)6-9(12)7-15/h3-4,6,8,11H,5,16H2,1-2H3,(H,17,18)/t11-/m1/s1. The lowest BCUT2D eigenvalue weighted by Gasteiger charge is -2.14. The molecule has 3 N–H and O–H groups in total. The number of carbonyl (C=O) groups is 1. The zero-order valence-corrected chi connectivity index (χ0v) is 12.0. The smallest absolute Gasteiger partial charge is 0.241 e. The van der Waals surface area contributed by atoms with Crippen LogP contribution in [0.4, 0.5) is 5.69 Å². The van der Waals surface area contributed by atoms with Gasteiger partial charge in [0.2, 0.25) is 5.91 Å². The molecule has 1 aromatic carbocycles. The van der Waals surface area contributed by atoms with Gasteiger partial charge in [0.15, 0.2) is 0 Å². The molecule has 18 heavy (non-hydrogen) atoms. The predicted molar refractivity (Wildman–Crippen MR) is 74.9 cm³/mol. The van der Waals surface area contributed by atoms with Crippen LogP contribution in [0.1, 0.15) is 25.8 Å². The number of nitrogens with two attached hydrogens (primary N) is 1. The molecule has 0 spiro atoms. The lowest BCUT2D eigenvalue weighted by atomic mass is 10.0. The monoisotopic (exact) mass is 309 g/mol. The van der Waals surface area contributed by atoms with Crippen LogP contribution in [0.2, 0.25) is 0 Å². The van der Waals surface area contributed by atoms with Gasteiger partial charge < -0.3 is 11.1 Å². The Morgan fingerprint density at radius 1 is 1.56 bits per heavy atom. The summed E-state index contributed by atoms with van der Waals surface area (Å²) < 4.78 is 0.795. The third-order valence-corrected chi connectivity index (χ3v) is 2.92. The van der Waals surface area contributed by atoms with Gasteiger partial charge in [0.25, 0.3) is 0 Å². The fraction of sp³-hybridized carbons (Fsp3) is 0.385. The number of anilines is 1. The number of halogens is 1. The van der Waals surface area contributed by atoms with E-state index in [1.807, 2.05) is 19.9 Å². The highest BCUT2D eigenvalue weighted by atomic mass is 79.9. The van der Waals surface area contributed by atoms with Crippen LogP contribution < -0.4 is 11.1 Å². The SMILES string of the molecule is CC(C)C[C@@H](N)C(=O)Nc1ccc(Br)cc1C#N. The summed E-state index contributed by atoms with van der Waals surface area (Å²) in [6.45, 7) is 4.01. The number of nitriles is 1. The van der Waals surface area contributed by atoms with Crippen molar-refractivity contribution in [1.29, 1.82) is 5.26 Å². The molecule has 96 valence electrons. The van der Waals surface area contributed by atoms with E-state index in [0.717, 1.165) is 4.47 Å². The Balaban J connectivity index is 2.79. The van der Waals surface area contributed by atoms with Crippen molar-refractivity contribution < 1.29 is 4.79 Å². The molecule has 0 aliphatic carbocycles. The average molecular weight is 310 g/mol. The van der Waals surface area contributed by atoms with Gasteiger partial charge in [-0.1, -0.05) is 29.8 Å². The van der Waals surface area contributed by atoms with E-state index in [1.165, 1.54) is 0 Å². The van der Waals surface area contributed by atoms with Gasteiger partial charge in [0.1, 0.15) is 6.07 Å². The molecule has 0 aliphatic heterocycles. The highest BCUT2D eigenvalue weighted by molar-refractivity contribution is 9.10. The van der Waals surface area contributed by atoms with Crippen molar-refractivity contribution in [3.8, 4) is 6.07 Å². The van der Waals surface area contributed by atoms with E-state index in [4.69, 9.17) is 11.0 Å². The van der Waals surface area contributed by atoms with Crippen molar-refractivity contribution in [3.63, 3.8) is 0 Å². The molecule has 1 aromatic rings. The molecule has 0 unspecified atom stereocenters. The second-order valence-corrected chi connectivity index (χ2v) is 5.44. The number of carbonyl (C=O) groups excluding carboxylic acids is 1. The van der Waals surface area contributed by atoms with Crippen molar-refractivity contribution in [2.45, 2.75) is 26.3 Å². The van der Waals surface area contributed by atoms with Crippen molar-refractivity contribution in [2.24, 2.45) is 11.7 Å². The highest BCUT2D eigenvalue weighted by Crippen LogP contribution is 2.20. The minimum absolute atomic E-state index is 0.262. The summed E-state index contributed by atoms with van der Waals surface area (Å²) in [4.78, 5) is 11.8. The maximum Gasteiger partial charge on any atom is 0.241 e. The molecule has 0 aromatic heterocycles. The van der Waals surface area contributed by atoms with Gasteiger partial charge in [-0.2, -0.15) is 5.26 Å². The third kappa shape index (κ3) is 4.13. The molecule has 0 aliphatic rings. The van der Waals surface area contributed by atoms with Crippen LogP contribution in [0, 0.1) is 17.2 Å². The second kappa shape index (κ2) is 6.53. The Kier molecular flexibility index (Phi) is 5.32. The van der Waals surface area contributed by atoms with Crippen LogP contribution in [-0.2, 0) is 4.79 Å². The van der Waals surface area contributed by atoms with Crippen LogP contribution in [0.15, 0.2) is 22.7 Å².